The number of halogens is 1. The quantitative estimate of drug-likeness (QED) is 0.301. The van der Waals surface area contributed by atoms with Gasteiger partial charge in [-0.15, -0.1) is 24.0 Å². The predicted molar refractivity (Wildman–Crippen MR) is 100 cm³/mol. The van der Waals surface area contributed by atoms with Crippen molar-refractivity contribution in [3.63, 3.8) is 0 Å². The molecule has 0 saturated carbocycles. The van der Waals surface area contributed by atoms with Gasteiger partial charge in [0, 0.05) is 6.54 Å². The zero-order valence-corrected chi connectivity index (χ0v) is 15.6. The van der Waals surface area contributed by atoms with Gasteiger partial charge in [0.05, 0.1) is 13.2 Å². The molecule has 1 rings (SSSR count). The number of nitrogens with zero attached hydrogens (tertiary/aromatic N) is 1. The molecule has 0 aliphatic carbocycles. The molecule has 0 atom stereocenters. The Morgan fingerprint density at radius 3 is 2.81 bits per heavy atom. The number of rotatable bonds is 8. The fraction of sp³-hybridized carbons (Fsp3) is 0.562. The highest BCUT2D eigenvalue weighted by molar-refractivity contribution is 14.0. The zero-order chi connectivity index (χ0) is 14.8. The summed E-state index contributed by atoms with van der Waals surface area (Å²) >= 11 is 0. The number of guanidine groups is 1. The molecule has 0 radical (unpaired) electrons. The molecule has 120 valence electrons. The summed E-state index contributed by atoms with van der Waals surface area (Å²) in [6.07, 6.45) is 2.25. The molecule has 0 aliphatic heterocycles. The molecule has 0 saturated heterocycles. The minimum Gasteiger partial charge on any atom is -0.493 e. The van der Waals surface area contributed by atoms with Crippen molar-refractivity contribution < 1.29 is 4.74 Å². The molecule has 0 spiro atoms. The molecular weight excluding hydrogens is 377 g/mol. The summed E-state index contributed by atoms with van der Waals surface area (Å²) in [6.45, 7) is 8.60. The number of unbranched alkanes of at least 4 members (excludes halogenated alkanes) is 1. The second-order valence-electron chi connectivity index (χ2n) is 5.33. The smallest absolute Gasteiger partial charge is 0.188 e. The molecular formula is C16H28IN3O. The minimum absolute atomic E-state index is 0. The standard InChI is InChI=1S/C16H27N3O.HI/c1-4-5-9-18-16(17)19-11-14-7-6-8-15(10-14)20-12-13(2)3;/h6-8,10,13H,4-5,9,11-12H2,1-3H3,(H3,17,18,19);1H. The SMILES string of the molecule is CCCCNC(N)=NCc1cccc(OCC(C)C)c1.I. The van der Waals surface area contributed by atoms with Crippen molar-refractivity contribution in [1.82, 2.24) is 5.32 Å². The Bertz CT molecular complexity index is 422. The molecule has 0 amide bonds. The number of ether oxygens (including phenoxy) is 1. The van der Waals surface area contributed by atoms with E-state index in [1.807, 2.05) is 24.3 Å². The van der Waals surface area contributed by atoms with Crippen LogP contribution in [0.5, 0.6) is 5.75 Å². The van der Waals surface area contributed by atoms with Crippen molar-refractivity contribution >= 4 is 29.9 Å². The van der Waals surface area contributed by atoms with E-state index in [-0.39, 0.29) is 24.0 Å². The van der Waals surface area contributed by atoms with E-state index in [2.05, 4.69) is 31.1 Å². The van der Waals surface area contributed by atoms with Crippen molar-refractivity contribution in [2.24, 2.45) is 16.6 Å². The van der Waals surface area contributed by atoms with Crippen LogP contribution in [-0.2, 0) is 6.54 Å². The maximum Gasteiger partial charge on any atom is 0.188 e. The van der Waals surface area contributed by atoms with E-state index < -0.39 is 0 Å². The van der Waals surface area contributed by atoms with Crippen molar-refractivity contribution in [3.8, 4) is 5.75 Å². The lowest BCUT2D eigenvalue weighted by molar-refractivity contribution is 0.271. The van der Waals surface area contributed by atoms with Gasteiger partial charge in [0.25, 0.3) is 0 Å². The zero-order valence-electron chi connectivity index (χ0n) is 13.3. The Balaban J connectivity index is 0.00000400. The number of aliphatic imine (C=N–C) groups is 1. The largest absolute Gasteiger partial charge is 0.493 e. The lowest BCUT2D eigenvalue weighted by atomic mass is 10.2. The summed E-state index contributed by atoms with van der Waals surface area (Å²) < 4.78 is 5.70. The van der Waals surface area contributed by atoms with E-state index in [4.69, 9.17) is 10.5 Å². The van der Waals surface area contributed by atoms with Crippen LogP contribution in [0.3, 0.4) is 0 Å². The molecule has 0 aromatic heterocycles. The van der Waals surface area contributed by atoms with Crippen LogP contribution in [0.2, 0.25) is 0 Å². The third-order valence-electron chi connectivity index (χ3n) is 2.75. The van der Waals surface area contributed by atoms with Gasteiger partial charge in [-0.2, -0.15) is 0 Å². The van der Waals surface area contributed by atoms with Crippen LogP contribution in [0.1, 0.15) is 39.2 Å². The first-order valence-corrected chi connectivity index (χ1v) is 7.37. The Morgan fingerprint density at radius 2 is 2.14 bits per heavy atom. The van der Waals surface area contributed by atoms with Gasteiger partial charge in [-0.25, -0.2) is 4.99 Å². The highest BCUT2D eigenvalue weighted by Crippen LogP contribution is 2.14. The van der Waals surface area contributed by atoms with E-state index in [1.165, 1.54) is 0 Å². The van der Waals surface area contributed by atoms with Crippen LogP contribution in [0.4, 0.5) is 0 Å². The van der Waals surface area contributed by atoms with Crippen molar-refractivity contribution in [1.29, 1.82) is 0 Å². The predicted octanol–water partition coefficient (Wildman–Crippen LogP) is 3.54. The topological polar surface area (TPSA) is 59.6 Å². The van der Waals surface area contributed by atoms with Gasteiger partial charge in [-0.1, -0.05) is 39.3 Å². The molecule has 0 heterocycles. The number of hydrogen-bond acceptors (Lipinski definition) is 2. The molecule has 1 aromatic carbocycles. The van der Waals surface area contributed by atoms with Crippen molar-refractivity contribution in [2.75, 3.05) is 13.2 Å². The van der Waals surface area contributed by atoms with Crippen LogP contribution in [-0.4, -0.2) is 19.1 Å². The Kier molecular flexibility index (Phi) is 11.1. The van der Waals surface area contributed by atoms with Gasteiger partial charge >= 0.3 is 0 Å². The lowest BCUT2D eigenvalue weighted by Crippen LogP contribution is -2.32. The van der Waals surface area contributed by atoms with Gasteiger partial charge < -0.3 is 15.8 Å². The summed E-state index contributed by atoms with van der Waals surface area (Å²) in [5.41, 5.74) is 6.91. The van der Waals surface area contributed by atoms with Crippen LogP contribution in [0.25, 0.3) is 0 Å². The minimum atomic E-state index is 0. The molecule has 21 heavy (non-hydrogen) atoms. The molecule has 0 aliphatic rings. The van der Waals surface area contributed by atoms with Gasteiger partial charge in [-0.05, 0) is 30.0 Å². The van der Waals surface area contributed by atoms with Gasteiger partial charge in [0.2, 0.25) is 0 Å². The highest BCUT2D eigenvalue weighted by Gasteiger charge is 1.99. The summed E-state index contributed by atoms with van der Waals surface area (Å²) in [5, 5.41) is 3.11. The first kappa shape index (κ1) is 20.0. The maximum absolute atomic E-state index is 5.81. The summed E-state index contributed by atoms with van der Waals surface area (Å²) in [7, 11) is 0. The molecule has 4 nitrogen and oxygen atoms in total. The van der Waals surface area contributed by atoms with Crippen molar-refractivity contribution in [2.45, 2.75) is 40.2 Å². The van der Waals surface area contributed by atoms with E-state index in [9.17, 15) is 0 Å². The average molecular weight is 405 g/mol. The van der Waals surface area contributed by atoms with E-state index in [1.54, 1.807) is 0 Å². The second-order valence-corrected chi connectivity index (χ2v) is 5.33. The average Bonchev–Trinajstić information content (AvgIpc) is 2.44. The number of hydrogen-bond donors (Lipinski definition) is 2. The third kappa shape index (κ3) is 9.55. The Labute approximate surface area is 145 Å². The van der Waals surface area contributed by atoms with Crippen LogP contribution < -0.4 is 15.8 Å². The summed E-state index contributed by atoms with van der Waals surface area (Å²) in [4.78, 5) is 4.33. The second kappa shape index (κ2) is 11.7. The number of nitrogens with two attached hydrogens (primary N) is 1. The van der Waals surface area contributed by atoms with Gasteiger partial charge in [-0.3, -0.25) is 0 Å². The maximum atomic E-state index is 5.81. The monoisotopic (exact) mass is 405 g/mol. The first-order chi connectivity index (χ1) is 9.61. The molecule has 0 fully saturated rings. The number of benzene rings is 1. The summed E-state index contributed by atoms with van der Waals surface area (Å²) in [6, 6.07) is 8.01. The lowest BCUT2D eigenvalue weighted by Gasteiger charge is -2.09. The van der Waals surface area contributed by atoms with E-state index >= 15 is 0 Å². The Hall–Kier alpha value is -0.980. The normalized spacial score (nSPS) is 11.1. The molecule has 3 N–H and O–H groups in total. The van der Waals surface area contributed by atoms with E-state index in [0.717, 1.165) is 37.3 Å². The molecule has 5 heteroatoms. The molecule has 1 aromatic rings. The molecule has 0 unspecified atom stereocenters. The van der Waals surface area contributed by atoms with Crippen molar-refractivity contribution in [3.05, 3.63) is 29.8 Å². The Morgan fingerprint density at radius 1 is 1.38 bits per heavy atom. The van der Waals surface area contributed by atoms with Crippen LogP contribution >= 0.6 is 24.0 Å². The highest BCUT2D eigenvalue weighted by atomic mass is 127. The molecule has 0 bridgehead atoms. The van der Waals surface area contributed by atoms with Crippen LogP contribution in [0.15, 0.2) is 29.3 Å². The van der Waals surface area contributed by atoms with Crippen LogP contribution in [0, 0.1) is 5.92 Å². The van der Waals surface area contributed by atoms with Gasteiger partial charge in [0.15, 0.2) is 5.96 Å². The van der Waals surface area contributed by atoms with Gasteiger partial charge in [0.1, 0.15) is 5.75 Å². The fourth-order valence-corrected chi connectivity index (χ4v) is 1.62. The first-order valence-electron chi connectivity index (χ1n) is 7.37. The van der Waals surface area contributed by atoms with E-state index in [0.29, 0.717) is 18.4 Å². The fourth-order valence-electron chi connectivity index (χ4n) is 1.62. The summed E-state index contributed by atoms with van der Waals surface area (Å²) in [5.74, 6) is 1.92. The third-order valence-corrected chi connectivity index (χ3v) is 2.75. The number of nitrogens with one attached hydrogen (secondary N) is 1.